The van der Waals surface area contributed by atoms with Crippen LogP contribution in [-0.2, 0) is 27.3 Å². The van der Waals surface area contributed by atoms with Gasteiger partial charge in [-0.2, -0.15) is 0 Å². The monoisotopic (exact) mass is 527 g/mol. The van der Waals surface area contributed by atoms with Crippen LogP contribution in [0.1, 0.15) is 63.0 Å². The van der Waals surface area contributed by atoms with Crippen molar-refractivity contribution in [1.82, 2.24) is 15.2 Å². The van der Waals surface area contributed by atoms with Crippen LogP contribution in [0.4, 0.5) is 0 Å². The van der Waals surface area contributed by atoms with Gasteiger partial charge in [0.25, 0.3) is 0 Å². The standard InChI is InChI=1S/C33H41N3O3/c1-23(24-11-5-3-6-12-24)34-31(37)21-28-27-15-9-10-16-30(27)35-32(25-13-7-4-8-14-25)29(28)22-36(2)33(38)26-17-19-39-20-18-26/h4,7-10,13-16,23-24,26H,3,5-6,11-12,17-22H2,1-2H3,(H,34,37)/t23-/m0/s1. The number of carbonyl (C=O) groups is 2. The van der Waals surface area contributed by atoms with Crippen molar-refractivity contribution in [2.24, 2.45) is 11.8 Å². The molecule has 2 fully saturated rings. The topological polar surface area (TPSA) is 71.5 Å². The third-order valence-electron chi connectivity index (χ3n) is 8.58. The van der Waals surface area contributed by atoms with Crippen molar-refractivity contribution in [3.63, 3.8) is 0 Å². The van der Waals surface area contributed by atoms with Crippen LogP contribution in [0.3, 0.4) is 0 Å². The van der Waals surface area contributed by atoms with Crippen LogP contribution in [0.25, 0.3) is 22.2 Å². The molecule has 1 aliphatic heterocycles. The van der Waals surface area contributed by atoms with Gasteiger partial charge < -0.3 is 15.0 Å². The summed E-state index contributed by atoms with van der Waals surface area (Å²) >= 11 is 0. The highest BCUT2D eigenvalue weighted by molar-refractivity contribution is 5.92. The molecule has 0 unspecified atom stereocenters. The molecule has 5 rings (SSSR count). The molecule has 2 heterocycles. The van der Waals surface area contributed by atoms with E-state index < -0.39 is 0 Å². The molecular formula is C33H41N3O3. The third kappa shape index (κ3) is 6.50. The normalized spacial score (nSPS) is 17.6. The van der Waals surface area contributed by atoms with Crippen LogP contribution in [0.5, 0.6) is 0 Å². The molecule has 2 aliphatic rings. The smallest absolute Gasteiger partial charge is 0.225 e. The molecule has 6 heteroatoms. The second-order valence-electron chi connectivity index (χ2n) is 11.3. The SMILES string of the molecule is C[C@H](NC(=O)Cc1c(CN(C)C(=O)C2CCOCC2)c(-c2ccccc2)nc2ccccc12)C1CCCCC1. The third-order valence-corrected chi connectivity index (χ3v) is 8.58. The van der Waals surface area contributed by atoms with Crippen molar-refractivity contribution in [1.29, 1.82) is 0 Å². The molecule has 39 heavy (non-hydrogen) atoms. The molecule has 2 amide bonds. The fourth-order valence-electron chi connectivity index (χ4n) is 6.32. The van der Waals surface area contributed by atoms with E-state index in [1.165, 1.54) is 32.1 Å². The lowest BCUT2D eigenvalue weighted by Crippen LogP contribution is -2.40. The number of hydrogen-bond donors (Lipinski definition) is 1. The maximum absolute atomic E-state index is 13.6. The molecule has 1 saturated carbocycles. The number of pyridine rings is 1. The lowest BCUT2D eigenvalue weighted by atomic mass is 9.84. The van der Waals surface area contributed by atoms with Gasteiger partial charge in [0.05, 0.1) is 17.6 Å². The lowest BCUT2D eigenvalue weighted by molar-refractivity contribution is -0.137. The van der Waals surface area contributed by atoms with Crippen molar-refractivity contribution in [3.05, 3.63) is 65.7 Å². The molecule has 1 atom stereocenters. The van der Waals surface area contributed by atoms with E-state index in [0.717, 1.165) is 46.1 Å². The number of nitrogens with one attached hydrogen (secondary N) is 1. The van der Waals surface area contributed by atoms with Crippen LogP contribution < -0.4 is 5.32 Å². The summed E-state index contributed by atoms with van der Waals surface area (Å²) in [6.07, 6.45) is 7.92. The Kier molecular flexibility index (Phi) is 8.92. The van der Waals surface area contributed by atoms with Gasteiger partial charge in [-0.05, 0) is 50.2 Å². The minimum Gasteiger partial charge on any atom is -0.381 e. The van der Waals surface area contributed by atoms with Gasteiger partial charge in [-0.15, -0.1) is 0 Å². The van der Waals surface area contributed by atoms with Gasteiger partial charge in [0.1, 0.15) is 0 Å². The quantitative estimate of drug-likeness (QED) is 0.395. The van der Waals surface area contributed by atoms with Gasteiger partial charge in [-0.1, -0.05) is 67.8 Å². The number of rotatable bonds is 8. The van der Waals surface area contributed by atoms with E-state index in [0.29, 0.717) is 25.7 Å². The van der Waals surface area contributed by atoms with Crippen LogP contribution in [0, 0.1) is 11.8 Å². The highest BCUT2D eigenvalue weighted by atomic mass is 16.5. The van der Waals surface area contributed by atoms with Crippen molar-refractivity contribution >= 4 is 22.7 Å². The van der Waals surface area contributed by atoms with Gasteiger partial charge in [0.15, 0.2) is 0 Å². The summed E-state index contributed by atoms with van der Waals surface area (Å²) in [6.45, 7) is 3.80. The number of aromatic nitrogens is 1. The van der Waals surface area contributed by atoms with Gasteiger partial charge >= 0.3 is 0 Å². The van der Waals surface area contributed by atoms with Crippen molar-refractivity contribution in [2.45, 2.75) is 70.9 Å². The molecule has 1 saturated heterocycles. The van der Waals surface area contributed by atoms with E-state index in [9.17, 15) is 9.59 Å². The maximum Gasteiger partial charge on any atom is 0.225 e. The first-order valence-electron chi connectivity index (χ1n) is 14.6. The van der Waals surface area contributed by atoms with Crippen LogP contribution in [-0.4, -0.2) is 48.0 Å². The molecule has 206 valence electrons. The summed E-state index contributed by atoms with van der Waals surface area (Å²) < 4.78 is 5.49. The first-order valence-corrected chi connectivity index (χ1v) is 14.6. The van der Waals surface area contributed by atoms with E-state index in [2.05, 4.69) is 24.4 Å². The molecule has 6 nitrogen and oxygen atoms in total. The van der Waals surface area contributed by atoms with E-state index in [1.807, 2.05) is 54.4 Å². The summed E-state index contributed by atoms with van der Waals surface area (Å²) in [5.74, 6) is 0.676. The second-order valence-corrected chi connectivity index (χ2v) is 11.3. The lowest BCUT2D eigenvalue weighted by Gasteiger charge is -2.29. The minimum atomic E-state index is -0.0274. The zero-order chi connectivity index (χ0) is 27.2. The van der Waals surface area contributed by atoms with Crippen LogP contribution >= 0.6 is 0 Å². The molecule has 0 radical (unpaired) electrons. The predicted molar refractivity (Wildman–Crippen MR) is 155 cm³/mol. The summed E-state index contributed by atoms with van der Waals surface area (Å²) in [6, 6.07) is 18.3. The zero-order valence-electron chi connectivity index (χ0n) is 23.3. The Hall–Kier alpha value is -3.25. The van der Waals surface area contributed by atoms with E-state index in [-0.39, 0.29) is 30.2 Å². The van der Waals surface area contributed by atoms with Crippen LogP contribution in [0.15, 0.2) is 54.6 Å². The van der Waals surface area contributed by atoms with Crippen molar-refractivity contribution in [2.75, 3.05) is 20.3 Å². The highest BCUT2D eigenvalue weighted by Gasteiger charge is 2.28. The molecule has 1 aromatic heterocycles. The summed E-state index contributed by atoms with van der Waals surface area (Å²) in [5, 5.41) is 4.30. The number of ether oxygens (including phenoxy) is 1. The largest absolute Gasteiger partial charge is 0.381 e. The van der Waals surface area contributed by atoms with E-state index in [4.69, 9.17) is 9.72 Å². The number of amides is 2. The van der Waals surface area contributed by atoms with Crippen LogP contribution in [0.2, 0.25) is 0 Å². The molecule has 0 spiro atoms. The van der Waals surface area contributed by atoms with Crippen molar-refractivity contribution in [3.8, 4) is 11.3 Å². The number of nitrogens with zero attached hydrogens (tertiary/aromatic N) is 2. The van der Waals surface area contributed by atoms with Crippen molar-refractivity contribution < 1.29 is 14.3 Å². The average molecular weight is 528 g/mol. The number of carbonyl (C=O) groups excluding carboxylic acids is 2. The minimum absolute atomic E-state index is 0.0274. The number of hydrogen-bond acceptors (Lipinski definition) is 4. The Balaban J connectivity index is 1.51. The number of para-hydroxylation sites is 1. The molecule has 1 aliphatic carbocycles. The molecule has 3 aromatic rings. The second kappa shape index (κ2) is 12.7. The predicted octanol–water partition coefficient (Wildman–Crippen LogP) is 5.91. The summed E-state index contributed by atoms with van der Waals surface area (Å²) in [7, 11) is 1.87. The summed E-state index contributed by atoms with van der Waals surface area (Å²) in [4.78, 5) is 33.9. The number of benzene rings is 2. The Morgan fingerprint density at radius 1 is 0.949 bits per heavy atom. The van der Waals surface area contributed by atoms with Gasteiger partial charge in [0, 0.05) is 55.3 Å². The highest BCUT2D eigenvalue weighted by Crippen LogP contribution is 2.33. The Morgan fingerprint density at radius 3 is 2.38 bits per heavy atom. The van der Waals surface area contributed by atoms with E-state index in [1.54, 1.807) is 0 Å². The van der Waals surface area contributed by atoms with Gasteiger partial charge in [-0.25, -0.2) is 4.98 Å². The summed E-state index contributed by atoms with van der Waals surface area (Å²) in [5.41, 5.74) is 4.59. The Labute approximate surface area is 232 Å². The first-order chi connectivity index (χ1) is 19.0. The fraction of sp³-hybridized carbons (Fsp3) is 0.485. The molecule has 1 N–H and O–H groups in total. The fourth-order valence-corrected chi connectivity index (χ4v) is 6.32. The average Bonchev–Trinajstić information content (AvgIpc) is 2.99. The maximum atomic E-state index is 13.6. The molecule has 0 bridgehead atoms. The van der Waals surface area contributed by atoms with E-state index >= 15 is 0 Å². The Bertz CT molecular complexity index is 1280. The molecule has 2 aromatic carbocycles. The number of fused-ring (bicyclic) bond motifs is 1. The van der Waals surface area contributed by atoms with Gasteiger partial charge in [-0.3, -0.25) is 9.59 Å². The first kappa shape index (κ1) is 27.3. The van der Waals surface area contributed by atoms with Gasteiger partial charge in [0.2, 0.25) is 11.8 Å². The molecular weight excluding hydrogens is 486 g/mol. The Morgan fingerprint density at radius 2 is 1.64 bits per heavy atom. The zero-order valence-corrected chi connectivity index (χ0v) is 23.3.